The monoisotopic (exact) mass is 315 g/mol. The van der Waals surface area contributed by atoms with Crippen LogP contribution in [-0.4, -0.2) is 54.5 Å². The summed E-state index contributed by atoms with van der Waals surface area (Å²) in [5.41, 5.74) is 6.25. The average molecular weight is 316 g/mol. The SMILES string of the molecule is Cl.NC1CCCC2CN(CC(=O)N3CCCCCC3)CC12. The number of hydrogen-bond donors (Lipinski definition) is 1. The number of rotatable bonds is 2. The first-order chi connectivity index (χ1) is 9.74. The Morgan fingerprint density at radius 2 is 1.71 bits per heavy atom. The van der Waals surface area contributed by atoms with Gasteiger partial charge in [0.05, 0.1) is 6.54 Å². The molecule has 2 heterocycles. The fourth-order valence-electron chi connectivity index (χ4n) is 4.35. The highest BCUT2D eigenvalue weighted by molar-refractivity contribution is 5.85. The van der Waals surface area contributed by atoms with E-state index in [9.17, 15) is 4.79 Å². The first kappa shape index (κ1) is 17.0. The lowest BCUT2D eigenvalue weighted by atomic mass is 9.78. The van der Waals surface area contributed by atoms with Gasteiger partial charge in [-0.1, -0.05) is 19.3 Å². The van der Waals surface area contributed by atoms with Crippen molar-refractivity contribution in [1.29, 1.82) is 0 Å². The van der Waals surface area contributed by atoms with E-state index >= 15 is 0 Å². The minimum Gasteiger partial charge on any atom is -0.342 e. The van der Waals surface area contributed by atoms with Gasteiger partial charge >= 0.3 is 0 Å². The lowest BCUT2D eigenvalue weighted by Crippen LogP contribution is -2.41. The van der Waals surface area contributed by atoms with Crippen LogP contribution in [-0.2, 0) is 4.79 Å². The van der Waals surface area contributed by atoms with Crippen molar-refractivity contribution in [3.63, 3.8) is 0 Å². The molecule has 1 aliphatic carbocycles. The van der Waals surface area contributed by atoms with Gasteiger partial charge in [0.25, 0.3) is 0 Å². The third-order valence-corrected chi connectivity index (χ3v) is 5.55. The summed E-state index contributed by atoms with van der Waals surface area (Å²) in [7, 11) is 0. The zero-order valence-corrected chi connectivity index (χ0v) is 13.8. The van der Waals surface area contributed by atoms with E-state index in [-0.39, 0.29) is 12.4 Å². The van der Waals surface area contributed by atoms with Gasteiger partial charge in [-0.2, -0.15) is 0 Å². The second-order valence-electron chi connectivity index (χ2n) is 7.01. The predicted molar refractivity (Wildman–Crippen MR) is 87.5 cm³/mol. The van der Waals surface area contributed by atoms with E-state index < -0.39 is 0 Å². The van der Waals surface area contributed by atoms with Crippen molar-refractivity contribution in [2.45, 2.75) is 51.0 Å². The number of carbonyl (C=O) groups is 1. The van der Waals surface area contributed by atoms with Crippen molar-refractivity contribution in [2.75, 3.05) is 32.7 Å². The van der Waals surface area contributed by atoms with Crippen LogP contribution in [0, 0.1) is 11.8 Å². The van der Waals surface area contributed by atoms with Gasteiger partial charge in [0.1, 0.15) is 0 Å². The van der Waals surface area contributed by atoms with Crippen molar-refractivity contribution in [3.8, 4) is 0 Å². The third-order valence-electron chi connectivity index (χ3n) is 5.55. The topological polar surface area (TPSA) is 49.6 Å². The number of likely N-dealkylation sites (tertiary alicyclic amines) is 2. The lowest BCUT2D eigenvalue weighted by molar-refractivity contribution is -0.132. The van der Waals surface area contributed by atoms with Gasteiger partial charge in [-0.15, -0.1) is 12.4 Å². The molecular weight excluding hydrogens is 286 g/mol. The van der Waals surface area contributed by atoms with Crippen molar-refractivity contribution < 1.29 is 4.79 Å². The summed E-state index contributed by atoms with van der Waals surface area (Å²) in [5.74, 6) is 1.73. The Bertz CT molecular complexity index is 344. The zero-order chi connectivity index (χ0) is 13.9. The van der Waals surface area contributed by atoms with Crippen LogP contribution in [0.2, 0.25) is 0 Å². The van der Waals surface area contributed by atoms with Crippen LogP contribution >= 0.6 is 12.4 Å². The first-order valence-corrected chi connectivity index (χ1v) is 8.50. The number of carbonyl (C=O) groups excluding carboxylic acids is 1. The first-order valence-electron chi connectivity index (χ1n) is 8.50. The number of nitrogens with two attached hydrogens (primary N) is 1. The summed E-state index contributed by atoms with van der Waals surface area (Å²) in [5, 5.41) is 0. The molecular formula is C16H30ClN3O. The molecule has 21 heavy (non-hydrogen) atoms. The van der Waals surface area contributed by atoms with E-state index in [1.807, 2.05) is 0 Å². The largest absolute Gasteiger partial charge is 0.342 e. The maximum Gasteiger partial charge on any atom is 0.236 e. The molecule has 3 atom stereocenters. The molecule has 2 saturated heterocycles. The highest BCUT2D eigenvalue weighted by atomic mass is 35.5. The molecule has 0 aromatic rings. The second-order valence-corrected chi connectivity index (χ2v) is 7.01. The quantitative estimate of drug-likeness (QED) is 0.846. The summed E-state index contributed by atoms with van der Waals surface area (Å²) in [6.45, 7) is 4.71. The summed E-state index contributed by atoms with van der Waals surface area (Å²) < 4.78 is 0. The van der Waals surface area contributed by atoms with Crippen molar-refractivity contribution >= 4 is 18.3 Å². The van der Waals surface area contributed by atoms with E-state index in [2.05, 4.69) is 9.80 Å². The third kappa shape index (κ3) is 4.11. The second kappa shape index (κ2) is 7.80. The van der Waals surface area contributed by atoms with Crippen LogP contribution in [0.15, 0.2) is 0 Å². The minimum atomic E-state index is 0. The van der Waals surface area contributed by atoms with Crippen LogP contribution in [0.25, 0.3) is 0 Å². The molecule has 0 radical (unpaired) electrons. The maximum atomic E-state index is 12.4. The Labute approximate surface area is 134 Å². The molecule has 3 fully saturated rings. The van der Waals surface area contributed by atoms with Crippen molar-refractivity contribution in [3.05, 3.63) is 0 Å². The standard InChI is InChI=1S/C16H29N3O.ClH/c17-15-7-5-6-13-10-18(11-14(13)15)12-16(20)19-8-3-1-2-4-9-19;/h13-15H,1-12,17H2;1H. The van der Waals surface area contributed by atoms with E-state index in [0.717, 1.165) is 32.1 Å². The highest BCUT2D eigenvalue weighted by Gasteiger charge is 2.39. The van der Waals surface area contributed by atoms with Gasteiger partial charge in [0.15, 0.2) is 0 Å². The van der Waals surface area contributed by atoms with E-state index in [4.69, 9.17) is 5.73 Å². The molecule has 2 N–H and O–H groups in total. The number of hydrogen-bond acceptors (Lipinski definition) is 3. The Kier molecular flexibility index (Phi) is 6.33. The summed E-state index contributed by atoms with van der Waals surface area (Å²) in [6.07, 6.45) is 8.70. The van der Waals surface area contributed by atoms with Crippen LogP contribution < -0.4 is 5.73 Å². The fourth-order valence-corrected chi connectivity index (χ4v) is 4.35. The maximum absolute atomic E-state index is 12.4. The molecule has 0 aromatic heterocycles. The minimum absolute atomic E-state index is 0. The Morgan fingerprint density at radius 3 is 2.38 bits per heavy atom. The van der Waals surface area contributed by atoms with Crippen molar-refractivity contribution in [2.24, 2.45) is 17.6 Å². The molecule has 1 amide bonds. The van der Waals surface area contributed by atoms with Gasteiger partial charge < -0.3 is 10.6 Å². The van der Waals surface area contributed by atoms with Gasteiger partial charge in [-0.25, -0.2) is 0 Å². The predicted octanol–water partition coefficient (Wildman–Crippen LogP) is 1.87. The van der Waals surface area contributed by atoms with Crippen LogP contribution in [0.1, 0.15) is 44.9 Å². The summed E-state index contributed by atoms with van der Waals surface area (Å²) in [4.78, 5) is 16.9. The number of fused-ring (bicyclic) bond motifs is 1. The number of amides is 1. The van der Waals surface area contributed by atoms with E-state index in [0.29, 0.717) is 24.4 Å². The van der Waals surface area contributed by atoms with E-state index in [1.54, 1.807) is 0 Å². The van der Waals surface area contributed by atoms with Crippen LogP contribution in [0.5, 0.6) is 0 Å². The van der Waals surface area contributed by atoms with Gasteiger partial charge in [0, 0.05) is 32.2 Å². The van der Waals surface area contributed by atoms with Gasteiger partial charge in [-0.05, 0) is 37.5 Å². The molecule has 0 bridgehead atoms. The Hall–Kier alpha value is -0.320. The smallest absolute Gasteiger partial charge is 0.236 e. The molecule has 0 aromatic carbocycles. The van der Waals surface area contributed by atoms with Crippen LogP contribution in [0.4, 0.5) is 0 Å². The molecule has 0 spiro atoms. The summed E-state index contributed by atoms with van der Waals surface area (Å²) >= 11 is 0. The number of halogens is 1. The molecule has 3 rings (SSSR count). The highest BCUT2D eigenvalue weighted by Crippen LogP contribution is 2.35. The molecule has 2 aliphatic heterocycles. The fraction of sp³-hybridized carbons (Fsp3) is 0.938. The Morgan fingerprint density at radius 1 is 1.00 bits per heavy atom. The zero-order valence-electron chi connectivity index (χ0n) is 13.0. The molecule has 3 aliphatic rings. The average Bonchev–Trinajstić information content (AvgIpc) is 2.67. The lowest BCUT2D eigenvalue weighted by Gasteiger charge is -2.29. The molecule has 122 valence electrons. The van der Waals surface area contributed by atoms with Crippen LogP contribution in [0.3, 0.4) is 0 Å². The normalized spacial score (nSPS) is 34.0. The van der Waals surface area contributed by atoms with Gasteiger partial charge in [0.2, 0.25) is 5.91 Å². The van der Waals surface area contributed by atoms with Gasteiger partial charge in [-0.3, -0.25) is 9.69 Å². The molecule has 1 saturated carbocycles. The Balaban J connectivity index is 0.00000161. The molecule has 4 nitrogen and oxygen atoms in total. The summed E-state index contributed by atoms with van der Waals surface area (Å²) in [6, 6.07) is 0.368. The van der Waals surface area contributed by atoms with Crippen molar-refractivity contribution in [1.82, 2.24) is 9.80 Å². The molecule has 5 heteroatoms. The number of nitrogens with zero attached hydrogens (tertiary/aromatic N) is 2. The molecule has 3 unspecified atom stereocenters. The van der Waals surface area contributed by atoms with E-state index in [1.165, 1.54) is 44.9 Å².